The molecule has 1 unspecified atom stereocenters. The summed E-state index contributed by atoms with van der Waals surface area (Å²) in [6, 6.07) is 2.69. The van der Waals surface area contributed by atoms with Gasteiger partial charge in [-0.3, -0.25) is 9.78 Å². The van der Waals surface area contributed by atoms with E-state index >= 15 is 0 Å². The molecule has 6 heteroatoms. The third-order valence-corrected chi connectivity index (χ3v) is 3.32. The second-order valence-electron chi connectivity index (χ2n) is 5.62. The number of carboxylic acid groups (broad SMARTS) is 1. The molecule has 1 atom stereocenters. The molecule has 0 radical (unpaired) electrons. The van der Waals surface area contributed by atoms with Crippen molar-refractivity contribution in [1.82, 2.24) is 9.88 Å². The largest absolute Gasteiger partial charge is 0.478 e. The zero-order valence-electron chi connectivity index (χ0n) is 12.3. The zero-order valence-corrected chi connectivity index (χ0v) is 12.3. The lowest BCUT2D eigenvalue weighted by Crippen LogP contribution is -2.31. The van der Waals surface area contributed by atoms with Crippen LogP contribution < -0.4 is 0 Å². The first kappa shape index (κ1) is 15.4. The van der Waals surface area contributed by atoms with Crippen LogP contribution in [0.5, 0.6) is 0 Å². The van der Waals surface area contributed by atoms with Gasteiger partial charge in [0.1, 0.15) is 5.69 Å². The molecule has 1 N–H and O–H groups in total. The van der Waals surface area contributed by atoms with E-state index in [9.17, 15) is 9.59 Å². The maximum atomic E-state index is 12.3. The maximum Gasteiger partial charge on any atom is 0.335 e. The van der Waals surface area contributed by atoms with Crippen molar-refractivity contribution in [1.29, 1.82) is 0 Å². The highest BCUT2D eigenvalue weighted by Crippen LogP contribution is 2.16. The highest BCUT2D eigenvalue weighted by molar-refractivity contribution is 5.95. The molecule has 6 nitrogen and oxygen atoms in total. The van der Waals surface area contributed by atoms with Gasteiger partial charge in [-0.05, 0) is 24.5 Å². The normalized spacial score (nSPS) is 18.2. The van der Waals surface area contributed by atoms with Crippen molar-refractivity contribution in [2.24, 2.45) is 5.92 Å². The van der Waals surface area contributed by atoms with Crippen LogP contribution in [0.3, 0.4) is 0 Å². The molecule has 1 fully saturated rings. The highest BCUT2D eigenvalue weighted by Gasteiger charge is 2.28. The van der Waals surface area contributed by atoms with Crippen molar-refractivity contribution < 1.29 is 19.4 Å². The molecule has 21 heavy (non-hydrogen) atoms. The fourth-order valence-electron chi connectivity index (χ4n) is 2.22. The Morgan fingerprint density at radius 3 is 2.95 bits per heavy atom. The van der Waals surface area contributed by atoms with Gasteiger partial charge in [0, 0.05) is 25.9 Å². The van der Waals surface area contributed by atoms with E-state index in [2.05, 4.69) is 18.8 Å². The van der Waals surface area contributed by atoms with Gasteiger partial charge in [0.25, 0.3) is 5.91 Å². The first-order chi connectivity index (χ1) is 9.97. The van der Waals surface area contributed by atoms with Gasteiger partial charge in [0.05, 0.1) is 11.7 Å². The summed E-state index contributed by atoms with van der Waals surface area (Å²) in [7, 11) is 0. The predicted molar refractivity (Wildman–Crippen MR) is 76.3 cm³/mol. The molecule has 0 aliphatic carbocycles. The molecule has 0 saturated carbocycles. The minimum atomic E-state index is -1.06. The topological polar surface area (TPSA) is 79.7 Å². The number of nitrogens with zero attached hydrogens (tertiary/aromatic N) is 2. The van der Waals surface area contributed by atoms with Gasteiger partial charge >= 0.3 is 5.97 Å². The second-order valence-corrected chi connectivity index (χ2v) is 5.62. The Morgan fingerprint density at radius 1 is 1.52 bits per heavy atom. The summed E-state index contributed by atoms with van der Waals surface area (Å²) >= 11 is 0. The smallest absolute Gasteiger partial charge is 0.335 e. The van der Waals surface area contributed by atoms with Crippen LogP contribution in [0.25, 0.3) is 0 Å². The molecule has 1 aliphatic rings. The van der Waals surface area contributed by atoms with E-state index < -0.39 is 5.97 Å². The molecule has 1 amide bonds. The number of pyridine rings is 1. The molecule has 0 spiro atoms. The summed E-state index contributed by atoms with van der Waals surface area (Å²) in [4.78, 5) is 28.9. The number of hydrogen-bond acceptors (Lipinski definition) is 4. The summed E-state index contributed by atoms with van der Waals surface area (Å²) in [6.45, 7) is 5.99. The van der Waals surface area contributed by atoms with Crippen LogP contribution in [-0.4, -0.2) is 52.7 Å². The first-order valence-electron chi connectivity index (χ1n) is 7.07. The second kappa shape index (κ2) is 6.67. The zero-order chi connectivity index (χ0) is 15.4. The van der Waals surface area contributed by atoms with E-state index in [0.29, 0.717) is 25.6 Å². The molecule has 1 aliphatic heterocycles. The van der Waals surface area contributed by atoms with Gasteiger partial charge in [-0.2, -0.15) is 0 Å². The van der Waals surface area contributed by atoms with Crippen LogP contribution in [0.2, 0.25) is 0 Å². The lowest BCUT2D eigenvalue weighted by Gasteiger charge is -2.17. The summed E-state index contributed by atoms with van der Waals surface area (Å²) in [5.41, 5.74) is 0.236. The van der Waals surface area contributed by atoms with Crippen molar-refractivity contribution in [3.05, 3.63) is 29.6 Å². The Bertz CT molecular complexity index is 530. The molecule has 1 aromatic rings. The maximum absolute atomic E-state index is 12.3. The Kier molecular flexibility index (Phi) is 4.90. The Balaban J connectivity index is 1.98. The number of amides is 1. The van der Waals surface area contributed by atoms with Crippen LogP contribution in [-0.2, 0) is 4.74 Å². The van der Waals surface area contributed by atoms with E-state index in [1.165, 1.54) is 18.3 Å². The lowest BCUT2D eigenvalue weighted by atomic mass is 10.2. The Morgan fingerprint density at radius 2 is 2.29 bits per heavy atom. The molecule has 2 rings (SSSR count). The van der Waals surface area contributed by atoms with Crippen molar-refractivity contribution in [2.45, 2.75) is 26.4 Å². The number of aromatic nitrogens is 1. The van der Waals surface area contributed by atoms with E-state index in [0.717, 1.165) is 6.42 Å². The van der Waals surface area contributed by atoms with Crippen LogP contribution in [0.4, 0.5) is 0 Å². The van der Waals surface area contributed by atoms with Crippen molar-refractivity contribution in [3.8, 4) is 0 Å². The number of carbonyl (C=O) groups excluding carboxylic acids is 1. The fourth-order valence-corrected chi connectivity index (χ4v) is 2.22. The molecular weight excluding hydrogens is 272 g/mol. The van der Waals surface area contributed by atoms with E-state index in [1.807, 2.05) is 0 Å². The van der Waals surface area contributed by atoms with Gasteiger partial charge in [0.2, 0.25) is 0 Å². The van der Waals surface area contributed by atoms with Gasteiger partial charge in [0.15, 0.2) is 0 Å². The average Bonchev–Trinajstić information content (AvgIpc) is 2.93. The molecule has 1 saturated heterocycles. The predicted octanol–water partition coefficient (Wildman–Crippen LogP) is 1.67. The van der Waals surface area contributed by atoms with E-state index in [-0.39, 0.29) is 23.3 Å². The van der Waals surface area contributed by atoms with E-state index in [1.54, 1.807) is 4.90 Å². The van der Waals surface area contributed by atoms with Crippen molar-refractivity contribution in [2.75, 3.05) is 19.7 Å². The van der Waals surface area contributed by atoms with E-state index in [4.69, 9.17) is 9.84 Å². The monoisotopic (exact) mass is 292 g/mol. The standard InChI is InChI=1S/C15H20N2O4/c1-10(2)9-21-12-4-6-17(8-12)14(18)13-7-11(15(19)20)3-5-16-13/h3,5,7,10,12H,4,6,8-9H2,1-2H3,(H,19,20). The number of hydrogen-bond donors (Lipinski definition) is 1. The summed E-state index contributed by atoms with van der Waals surface area (Å²) in [6.07, 6.45) is 2.20. The number of ether oxygens (including phenoxy) is 1. The molecule has 1 aromatic heterocycles. The third-order valence-electron chi connectivity index (χ3n) is 3.32. The number of rotatable bonds is 5. The molecular formula is C15H20N2O4. The summed E-state index contributed by atoms with van der Waals surface area (Å²) < 4.78 is 5.73. The van der Waals surface area contributed by atoms with Crippen LogP contribution >= 0.6 is 0 Å². The highest BCUT2D eigenvalue weighted by atomic mass is 16.5. The Labute approximate surface area is 123 Å². The summed E-state index contributed by atoms with van der Waals surface area (Å²) in [5.74, 6) is -0.844. The SMILES string of the molecule is CC(C)COC1CCN(C(=O)c2cc(C(=O)O)ccn2)C1. The quantitative estimate of drug-likeness (QED) is 0.893. The van der Waals surface area contributed by atoms with Crippen molar-refractivity contribution in [3.63, 3.8) is 0 Å². The Hall–Kier alpha value is -1.95. The lowest BCUT2D eigenvalue weighted by molar-refractivity contribution is 0.0395. The average molecular weight is 292 g/mol. The van der Waals surface area contributed by atoms with Gasteiger partial charge in [-0.25, -0.2) is 4.79 Å². The molecule has 0 aromatic carbocycles. The minimum absolute atomic E-state index is 0.0546. The fraction of sp³-hybridized carbons (Fsp3) is 0.533. The number of carboxylic acids is 1. The van der Waals surface area contributed by atoms with Crippen LogP contribution in [0.1, 0.15) is 41.1 Å². The van der Waals surface area contributed by atoms with Crippen LogP contribution in [0.15, 0.2) is 18.3 Å². The number of likely N-dealkylation sites (tertiary alicyclic amines) is 1. The van der Waals surface area contributed by atoms with Gasteiger partial charge in [-0.15, -0.1) is 0 Å². The van der Waals surface area contributed by atoms with Crippen molar-refractivity contribution >= 4 is 11.9 Å². The number of carbonyl (C=O) groups is 2. The number of aromatic carboxylic acids is 1. The summed E-state index contributed by atoms with van der Waals surface area (Å²) in [5, 5.41) is 8.95. The molecule has 114 valence electrons. The molecule has 0 bridgehead atoms. The minimum Gasteiger partial charge on any atom is -0.478 e. The first-order valence-corrected chi connectivity index (χ1v) is 7.07. The van der Waals surface area contributed by atoms with Gasteiger partial charge in [-0.1, -0.05) is 13.8 Å². The third kappa shape index (κ3) is 4.01. The molecule has 2 heterocycles. The van der Waals surface area contributed by atoms with Gasteiger partial charge < -0.3 is 14.7 Å². The van der Waals surface area contributed by atoms with Crippen LogP contribution in [0, 0.1) is 5.92 Å².